The Morgan fingerprint density at radius 3 is 2.89 bits per heavy atom. The first-order valence-corrected chi connectivity index (χ1v) is 9.54. The summed E-state index contributed by atoms with van der Waals surface area (Å²) in [5, 5.41) is 0.575. The number of aryl methyl sites for hydroxylation is 1. The van der Waals surface area contributed by atoms with Crippen LogP contribution in [0.15, 0.2) is 30.6 Å². The van der Waals surface area contributed by atoms with Crippen LogP contribution in [0.25, 0.3) is 0 Å². The van der Waals surface area contributed by atoms with E-state index in [2.05, 4.69) is 9.97 Å². The van der Waals surface area contributed by atoms with E-state index in [0.29, 0.717) is 36.9 Å². The monoisotopic (exact) mass is 407 g/mol. The quantitative estimate of drug-likeness (QED) is 0.727. The smallest absolute Gasteiger partial charge is 0.257 e. The summed E-state index contributed by atoms with van der Waals surface area (Å²) in [5.74, 6) is 1.07. The van der Waals surface area contributed by atoms with Gasteiger partial charge in [0.15, 0.2) is 0 Å². The lowest BCUT2D eigenvalue weighted by atomic mass is 9.94. The molecule has 2 aliphatic heterocycles. The summed E-state index contributed by atoms with van der Waals surface area (Å²) in [6.07, 6.45) is 3.17. The zero-order valence-electron chi connectivity index (χ0n) is 14.8. The van der Waals surface area contributed by atoms with Gasteiger partial charge in [-0.15, -0.1) is 0 Å². The zero-order chi connectivity index (χ0) is 19.0. The van der Waals surface area contributed by atoms with Crippen LogP contribution in [-0.2, 0) is 4.74 Å². The van der Waals surface area contributed by atoms with E-state index in [1.807, 2.05) is 19.1 Å². The van der Waals surface area contributed by atoms with Crippen LogP contribution in [0.2, 0.25) is 10.2 Å². The molecule has 4 rings (SSSR count). The van der Waals surface area contributed by atoms with Crippen LogP contribution in [0, 0.1) is 18.8 Å². The molecule has 1 amide bonds. The molecule has 2 aliphatic rings. The number of carbonyl (C=O) groups is 1. The van der Waals surface area contributed by atoms with Crippen LogP contribution in [0.1, 0.15) is 16.1 Å². The Bertz CT molecular complexity index is 847. The Labute approximate surface area is 167 Å². The van der Waals surface area contributed by atoms with Gasteiger partial charge in [0.05, 0.1) is 36.1 Å². The molecule has 0 aromatic carbocycles. The van der Waals surface area contributed by atoms with Crippen LogP contribution in [0.3, 0.4) is 0 Å². The number of hydrogen-bond donors (Lipinski definition) is 0. The third kappa shape index (κ3) is 3.88. The zero-order valence-corrected chi connectivity index (χ0v) is 16.3. The van der Waals surface area contributed by atoms with Gasteiger partial charge in [-0.3, -0.25) is 9.78 Å². The van der Waals surface area contributed by atoms with Crippen molar-refractivity contribution in [1.82, 2.24) is 14.9 Å². The molecule has 2 aromatic heterocycles. The minimum absolute atomic E-state index is 0.0257. The number of pyridine rings is 2. The minimum atomic E-state index is -0.149. The number of halogens is 2. The molecule has 0 radical (unpaired) electrons. The van der Waals surface area contributed by atoms with Gasteiger partial charge in [0.2, 0.25) is 0 Å². The van der Waals surface area contributed by atoms with Crippen LogP contribution in [0.5, 0.6) is 5.75 Å². The number of hydrogen-bond acceptors (Lipinski definition) is 5. The number of aromatic nitrogens is 2. The molecule has 0 aliphatic carbocycles. The van der Waals surface area contributed by atoms with Crippen molar-refractivity contribution in [3.63, 3.8) is 0 Å². The predicted octanol–water partition coefficient (Wildman–Crippen LogP) is 3.26. The number of nitrogens with zero attached hydrogens (tertiary/aromatic N) is 3. The maximum Gasteiger partial charge on any atom is 0.257 e. The van der Waals surface area contributed by atoms with Crippen molar-refractivity contribution in [2.45, 2.75) is 13.0 Å². The van der Waals surface area contributed by atoms with Crippen LogP contribution in [0.4, 0.5) is 0 Å². The van der Waals surface area contributed by atoms with Gasteiger partial charge < -0.3 is 14.4 Å². The highest BCUT2D eigenvalue weighted by molar-refractivity contribution is 6.36. The Balaban J connectivity index is 1.39. The van der Waals surface area contributed by atoms with Crippen molar-refractivity contribution < 1.29 is 14.3 Å². The van der Waals surface area contributed by atoms with Crippen LogP contribution >= 0.6 is 23.2 Å². The third-order valence-corrected chi connectivity index (χ3v) is 5.64. The molecule has 2 aromatic rings. The lowest BCUT2D eigenvalue weighted by Gasteiger charge is -2.20. The van der Waals surface area contributed by atoms with Crippen molar-refractivity contribution in [2.24, 2.45) is 11.8 Å². The van der Waals surface area contributed by atoms with E-state index in [1.165, 1.54) is 12.3 Å². The molecule has 142 valence electrons. The minimum Gasteiger partial charge on any atom is -0.492 e. The summed E-state index contributed by atoms with van der Waals surface area (Å²) < 4.78 is 11.8. The molecule has 0 spiro atoms. The van der Waals surface area contributed by atoms with E-state index in [9.17, 15) is 4.79 Å². The van der Waals surface area contributed by atoms with Crippen molar-refractivity contribution in [3.8, 4) is 5.75 Å². The first-order valence-electron chi connectivity index (χ1n) is 8.78. The van der Waals surface area contributed by atoms with E-state index in [-0.39, 0.29) is 29.0 Å². The number of fused-ring (bicyclic) bond motifs is 1. The molecule has 0 unspecified atom stereocenters. The van der Waals surface area contributed by atoms with Gasteiger partial charge in [-0.05, 0) is 25.1 Å². The second-order valence-electron chi connectivity index (χ2n) is 6.94. The summed E-state index contributed by atoms with van der Waals surface area (Å²) in [6, 6.07) is 5.31. The first kappa shape index (κ1) is 18.5. The van der Waals surface area contributed by atoms with E-state index in [1.54, 1.807) is 11.1 Å². The predicted molar refractivity (Wildman–Crippen MR) is 101 cm³/mol. The summed E-state index contributed by atoms with van der Waals surface area (Å²) in [7, 11) is 0. The lowest BCUT2D eigenvalue weighted by molar-refractivity contribution is 0.0661. The fourth-order valence-electron chi connectivity index (χ4n) is 3.61. The number of ether oxygens (including phenoxy) is 2. The molecule has 27 heavy (non-hydrogen) atoms. The summed E-state index contributed by atoms with van der Waals surface area (Å²) in [4.78, 5) is 22.8. The normalized spacial score (nSPS) is 24.1. The Morgan fingerprint density at radius 1 is 1.30 bits per heavy atom. The van der Waals surface area contributed by atoms with E-state index in [0.717, 1.165) is 11.4 Å². The highest BCUT2D eigenvalue weighted by Crippen LogP contribution is 2.35. The van der Waals surface area contributed by atoms with Crippen molar-refractivity contribution in [1.29, 1.82) is 0 Å². The first-order chi connectivity index (χ1) is 13.0. The van der Waals surface area contributed by atoms with Crippen molar-refractivity contribution in [2.75, 3.05) is 26.3 Å². The molecular weight excluding hydrogens is 389 g/mol. The topological polar surface area (TPSA) is 64.6 Å². The molecule has 8 heteroatoms. The molecule has 3 atom stereocenters. The summed E-state index contributed by atoms with van der Waals surface area (Å²) >= 11 is 12.0. The van der Waals surface area contributed by atoms with E-state index >= 15 is 0 Å². The van der Waals surface area contributed by atoms with Gasteiger partial charge >= 0.3 is 0 Å². The highest BCUT2D eigenvalue weighted by Gasteiger charge is 2.45. The van der Waals surface area contributed by atoms with Gasteiger partial charge in [0.1, 0.15) is 10.9 Å². The van der Waals surface area contributed by atoms with E-state index < -0.39 is 0 Å². The largest absolute Gasteiger partial charge is 0.492 e. The van der Waals surface area contributed by atoms with Crippen molar-refractivity contribution >= 4 is 29.1 Å². The molecular formula is C19H19Cl2N3O3. The molecule has 4 heterocycles. The van der Waals surface area contributed by atoms with Gasteiger partial charge in [-0.2, -0.15) is 0 Å². The molecule has 6 nitrogen and oxygen atoms in total. The molecule has 0 saturated carbocycles. The van der Waals surface area contributed by atoms with Gasteiger partial charge in [0, 0.05) is 36.8 Å². The highest BCUT2D eigenvalue weighted by atomic mass is 35.5. The Morgan fingerprint density at radius 2 is 2.15 bits per heavy atom. The van der Waals surface area contributed by atoms with Gasteiger partial charge in [-0.25, -0.2) is 4.98 Å². The fraction of sp³-hybridized carbons (Fsp3) is 0.421. The molecule has 0 N–H and O–H groups in total. The standard InChI is InChI=1S/C19H19Cl2N3O3/c1-11-2-3-13(5-22-11)26-9-12-10-27-17-8-24(7-15(12)17)19(25)14-6-23-18(21)4-16(14)20/h2-6,12,15,17H,7-10H2,1H3/t12-,15+,17+/m0/s1. The fourth-order valence-corrected chi connectivity index (χ4v) is 4.06. The number of rotatable bonds is 4. The SMILES string of the molecule is Cc1ccc(OC[C@H]2CO[C@@H]3CN(C(=O)c4cnc(Cl)cc4Cl)C[C@H]23)cn1. The Hall–Kier alpha value is -1.89. The molecule has 2 saturated heterocycles. The van der Waals surface area contributed by atoms with Crippen molar-refractivity contribution in [3.05, 3.63) is 52.0 Å². The molecule has 0 bridgehead atoms. The average molecular weight is 408 g/mol. The lowest BCUT2D eigenvalue weighted by Crippen LogP contribution is -2.32. The third-order valence-electron chi connectivity index (χ3n) is 5.12. The number of likely N-dealkylation sites (tertiary alicyclic amines) is 1. The maximum atomic E-state index is 12.8. The number of amides is 1. The average Bonchev–Trinajstić information content (AvgIpc) is 3.22. The van der Waals surface area contributed by atoms with E-state index in [4.69, 9.17) is 32.7 Å². The maximum absolute atomic E-state index is 12.8. The van der Waals surface area contributed by atoms with Crippen LogP contribution < -0.4 is 4.74 Å². The van der Waals surface area contributed by atoms with Crippen LogP contribution in [-0.4, -0.2) is 53.2 Å². The van der Waals surface area contributed by atoms with Gasteiger partial charge in [0.25, 0.3) is 5.91 Å². The Kier molecular flexibility index (Phi) is 5.21. The second kappa shape index (κ2) is 7.62. The van der Waals surface area contributed by atoms with Gasteiger partial charge in [-0.1, -0.05) is 23.2 Å². The second-order valence-corrected chi connectivity index (χ2v) is 7.73. The summed E-state index contributed by atoms with van der Waals surface area (Å²) in [6.45, 7) is 4.27. The summed E-state index contributed by atoms with van der Waals surface area (Å²) in [5.41, 5.74) is 1.31. The molecule has 2 fully saturated rings. The number of carbonyl (C=O) groups excluding carboxylic acids is 1.